The van der Waals surface area contributed by atoms with Crippen LogP contribution in [0.4, 0.5) is 0 Å². The van der Waals surface area contributed by atoms with E-state index in [0.29, 0.717) is 12.3 Å². The molecular weight excluding hydrogens is 298 g/mol. The van der Waals surface area contributed by atoms with Crippen LogP contribution in [0.15, 0.2) is 0 Å². The summed E-state index contributed by atoms with van der Waals surface area (Å²) in [6.45, 7) is 7.08. The van der Waals surface area contributed by atoms with Crippen LogP contribution in [0.3, 0.4) is 0 Å². The largest absolute Gasteiger partial charge is 0.480 e. The molecule has 1 saturated heterocycles. The van der Waals surface area contributed by atoms with Gasteiger partial charge in [-0.05, 0) is 18.8 Å². The number of nitrogens with one attached hydrogen (secondary N) is 3. The van der Waals surface area contributed by atoms with Gasteiger partial charge in [-0.25, -0.2) is 0 Å². The second-order valence-electron chi connectivity index (χ2n) is 6.35. The predicted molar refractivity (Wildman–Crippen MR) is 86.9 cm³/mol. The van der Waals surface area contributed by atoms with Gasteiger partial charge >= 0.3 is 5.97 Å². The third-order valence-electron chi connectivity index (χ3n) is 4.57. The maximum Gasteiger partial charge on any atom is 0.320 e. The van der Waals surface area contributed by atoms with Gasteiger partial charge in [-0.15, -0.1) is 0 Å². The van der Waals surface area contributed by atoms with E-state index in [2.05, 4.69) is 29.8 Å². The molecule has 0 unspecified atom stereocenters. The van der Waals surface area contributed by atoms with Crippen molar-refractivity contribution >= 4 is 17.8 Å². The van der Waals surface area contributed by atoms with E-state index in [1.54, 1.807) is 0 Å². The third-order valence-corrected chi connectivity index (χ3v) is 4.57. The summed E-state index contributed by atoms with van der Waals surface area (Å²) in [5.74, 6) is -0.845. The molecule has 1 aliphatic rings. The van der Waals surface area contributed by atoms with Crippen LogP contribution in [0, 0.1) is 5.92 Å². The van der Waals surface area contributed by atoms with Crippen LogP contribution in [0.1, 0.15) is 53.4 Å². The Kier molecular flexibility index (Phi) is 7.48. The molecule has 1 rings (SSSR count). The van der Waals surface area contributed by atoms with Crippen molar-refractivity contribution in [3.8, 4) is 0 Å². The highest BCUT2D eigenvalue weighted by Crippen LogP contribution is 2.23. The van der Waals surface area contributed by atoms with Crippen molar-refractivity contribution in [1.82, 2.24) is 16.0 Å². The number of carboxylic acids is 1. The van der Waals surface area contributed by atoms with Gasteiger partial charge in [-0.2, -0.15) is 0 Å². The predicted octanol–water partition coefficient (Wildman–Crippen LogP) is 0.637. The van der Waals surface area contributed by atoms with Gasteiger partial charge in [0, 0.05) is 32.0 Å². The molecule has 1 aliphatic heterocycles. The molecule has 0 aromatic heterocycles. The number of hydrogen-bond donors (Lipinski definition) is 4. The Labute approximate surface area is 137 Å². The topological polar surface area (TPSA) is 108 Å². The van der Waals surface area contributed by atoms with E-state index >= 15 is 0 Å². The molecule has 23 heavy (non-hydrogen) atoms. The molecule has 0 saturated carbocycles. The lowest BCUT2D eigenvalue weighted by Crippen LogP contribution is -2.56. The minimum absolute atomic E-state index is 0.150. The van der Waals surface area contributed by atoms with Crippen LogP contribution in [0.25, 0.3) is 0 Å². The molecule has 7 nitrogen and oxygen atoms in total. The lowest BCUT2D eigenvalue weighted by atomic mass is 9.89. The van der Waals surface area contributed by atoms with Gasteiger partial charge in [0.05, 0.1) is 0 Å². The average molecular weight is 327 g/mol. The summed E-state index contributed by atoms with van der Waals surface area (Å²) in [6, 6.07) is -1.52. The van der Waals surface area contributed by atoms with Crippen LogP contribution >= 0.6 is 0 Å². The monoisotopic (exact) mass is 327 g/mol. The zero-order valence-corrected chi connectivity index (χ0v) is 14.4. The van der Waals surface area contributed by atoms with E-state index in [1.807, 2.05) is 0 Å². The maximum atomic E-state index is 11.6. The summed E-state index contributed by atoms with van der Waals surface area (Å²) in [4.78, 5) is 34.3. The molecule has 2 amide bonds. The molecular formula is C16H29N3O4. The highest BCUT2D eigenvalue weighted by atomic mass is 16.4. The quantitative estimate of drug-likeness (QED) is 0.523. The second-order valence-corrected chi connectivity index (χ2v) is 6.35. The molecule has 0 aromatic rings. The van der Waals surface area contributed by atoms with Crippen molar-refractivity contribution in [2.75, 3.05) is 0 Å². The Morgan fingerprint density at radius 2 is 1.78 bits per heavy atom. The Bertz CT molecular complexity index is 437. The number of amides is 2. The highest BCUT2D eigenvalue weighted by molar-refractivity contribution is 5.76. The van der Waals surface area contributed by atoms with E-state index in [9.17, 15) is 19.5 Å². The molecule has 0 bridgehead atoms. The molecule has 4 atom stereocenters. The van der Waals surface area contributed by atoms with E-state index < -0.39 is 12.0 Å². The van der Waals surface area contributed by atoms with E-state index in [0.717, 1.165) is 19.3 Å². The number of aliphatic carboxylic acids is 1. The summed E-state index contributed by atoms with van der Waals surface area (Å²) in [5.41, 5.74) is 0. The molecule has 0 aromatic carbocycles. The van der Waals surface area contributed by atoms with E-state index in [-0.39, 0.29) is 29.9 Å². The van der Waals surface area contributed by atoms with Crippen LogP contribution in [0.5, 0.6) is 0 Å². The van der Waals surface area contributed by atoms with Crippen molar-refractivity contribution in [3.05, 3.63) is 0 Å². The average Bonchev–Trinajstić information content (AvgIpc) is 2.86. The van der Waals surface area contributed by atoms with E-state index in [4.69, 9.17) is 0 Å². The lowest BCUT2D eigenvalue weighted by Gasteiger charge is -2.32. The van der Waals surface area contributed by atoms with E-state index in [1.165, 1.54) is 13.8 Å². The van der Waals surface area contributed by atoms with Crippen LogP contribution in [0.2, 0.25) is 0 Å². The minimum atomic E-state index is -0.938. The summed E-state index contributed by atoms with van der Waals surface area (Å²) >= 11 is 0. The molecule has 132 valence electrons. The molecule has 7 heteroatoms. The number of carboxylic acid groups (broad SMARTS) is 1. The lowest BCUT2D eigenvalue weighted by molar-refractivity contribution is -0.139. The first-order valence-corrected chi connectivity index (χ1v) is 8.31. The van der Waals surface area contributed by atoms with Gasteiger partial charge in [-0.1, -0.05) is 26.7 Å². The number of carbonyl (C=O) groups excluding carboxylic acids is 2. The van der Waals surface area contributed by atoms with Crippen molar-refractivity contribution in [1.29, 1.82) is 0 Å². The van der Waals surface area contributed by atoms with Gasteiger partial charge in [0.1, 0.15) is 6.04 Å². The minimum Gasteiger partial charge on any atom is -0.480 e. The first kappa shape index (κ1) is 19.4. The standard InChI is InChI=1S/C16H29N3O4/c1-5-11(6-2)7-12(17-9(3)20)15-13(18-10(4)21)8-14(19-15)16(22)23/h11-15,19H,5-8H2,1-4H3,(H,17,20)(H,18,21)(H,22,23)/t12-,13+,14+,15-/m0/s1. The SMILES string of the molecule is CCC(CC)C[C@H](NC(C)=O)[C@@H]1N[C@@H](C(=O)O)C[C@H]1NC(C)=O. The summed E-state index contributed by atoms with van der Waals surface area (Å²) in [7, 11) is 0. The zero-order valence-electron chi connectivity index (χ0n) is 14.4. The van der Waals surface area contributed by atoms with Crippen molar-refractivity contribution < 1.29 is 19.5 Å². The fourth-order valence-corrected chi connectivity index (χ4v) is 3.33. The Morgan fingerprint density at radius 3 is 2.22 bits per heavy atom. The normalized spacial score (nSPS) is 25.2. The summed E-state index contributed by atoms with van der Waals surface area (Å²) in [6.07, 6.45) is 3.06. The highest BCUT2D eigenvalue weighted by Gasteiger charge is 2.42. The van der Waals surface area contributed by atoms with Crippen LogP contribution < -0.4 is 16.0 Å². The molecule has 4 N–H and O–H groups in total. The van der Waals surface area contributed by atoms with Crippen molar-refractivity contribution in [3.63, 3.8) is 0 Å². The molecule has 1 fully saturated rings. The number of carbonyl (C=O) groups is 3. The molecule has 1 heterocycles. The van der Waals surface area contributed by atoms with Crippen LogP contribution in [-0.2, 0) is 14.4 Å². The van der Waals surface area contributed by atoms with Gasteiger partial charge < -0.3 is 15.7 Å². The summed E-state index contributed by atoms with van der Waals surface area (Å²) < 4.78 is 0. The Hall–Kier alpha value is -1.63. The number of rotatable bonds is 8. The van der Waals surface area contributed by atoms with Crippen LogP contribution in [-0.4, -0.2) is 47.1 Å². The second kappa shape index (κ2) is 8.86. The smallest absolute Gasteiger partial charge is 0.320 e. The fourth-order valence-electron chi connectivity index (χ4n) is 3.33. The zero-order chi connectivity index (χ0) is 17.6. The molecule has 0 spiro atoms. The molecule has 0 radical (unpaired) electrons. The maximum absolute atomic E-state index is 11.6. The number of hydrogen-bond acceptors (Lipinski definition) is 4. The first-order valence-electron chi connectivity index (χ1n) is 8.31. The van der Waals surface area contributed by atoms with Gasteiger partial charge in [0.2, 0.25) is 11.8 Å². The van der Waals surface area contributed by atoms with Crippen molar-refractivity contribution in [2.45, 2.75) is 77.5 Å². The van der Waals surface area contributed by atoms with Gasteiger partial charge in [0.25, 0.3) is 0 Å². The summed E-state index contributed by atoms with van der Waals surface area (Å²) in [5, 5.41) is 18.1. The third kappa shape index (κ3) is 5.82. The Balaban J connectivity index is 2.95. The van der Waals surface area contributed by atoms with Gasteiger partial charge in [-0.3, -0.25) is 19.7 Å². The van der Waals surface area contributed by atoms with Crippen molar-refractivity contribution in [2.24, 2.45) is 5.92 Å². The Morgan fingerprint density at radius 1 is 1.17 bits per heavy atom. The molecule has 0 aliphatic carbocycles. The first-order chi connectivity index (χ1) is 10.8. The van der Waals surface area contributed by atoms with Gasteiger partial charge in [0.15, 0.2) is 0 Å². The fraction of sp³-hybridized carbons (Fsp3) is 0.812.